The van der Waals surface area contributed by atoms with Gasteiger partial charge in [0.2, 0.25) is 11.8 Å². The van der Waals surface area contributed by atoms with Crippen LogP contribution in [0.1, 0.15) is 12.0 Å². The molecule has 1 fully saturated rings. The van der Waals surface area contributed by atoms with E-state index in [1.807, 2.05) is 30.3 Å². The lowest BCUT2D eigenvalue weighted by Crippen LogP contribution is -2.36. The SMILES string of the molecule is O=C(NCCc1ccccc1)[C@@H]1CCN(C(=O)Cn2cncn2)C1. The molecule has 1 aliphatic heterocycles. The van der Waals surface area contributed by atoms with Crippen LogP contribution in [0.2, 0.25) is 0 Å². The van der Waals surface area contributed by atoms with E-state index in [0.717, 1.165) is 6.42 Å². The van der Waals surface area contributed by atoms with Crippen LogP contribution in [0.25, 0.3) is 0 Å². The topological polar surface area (TPSA) is 80.1 Å². The van der Waals surface area contributed by atoms with Gasteiger partial charge in [-0.1, -0.05) is 30.3 Å². The van der Waals surface area contributed by atoms with Gasteiger partial charge in [-0.05, 0) is 18.4 Å². The zero-order valence-corrected chi connectivity index (χ0v) is 13.5. The number of nitrogens with zero attached hydrogens (tertiary/aromatic N) is 4. The molecule has 1 atom stereocenters. The number of amides is 2. The summed E-state index contributed by atoms with van der Waals surface area (Å²) in [6, 6.07) is 10.1. The Morgan fingerprint density at radius 1 is 1.25 bits per heavy atom. The zero-order chi connectivity index (χ0) is 16.8. The van der Waals surface area contributed by atoms with E-state index in [0.29, 0.717) is 26.1 Å². The van der Waals surface area contributed by atoms with Crippen molar-refractivity contribution in [3.05, 3.63) is 48.5 Å². The molecule has 0 saturated carbocycles. The summed E-state index contributed by atoms with van der Waals surface area (Å²) in [5.74, 6) is -0.123. The molecule has 7 nitrogen and oxygen atoms in total. The van der Waals surface area contributed by atoms with Gasteiger partial charge in [-0.15, -0.1) is 0 Å². The number of likely N-dealkylation sites (tertiary alicyclic amines) is 1. The average molecular weight is 327 g/mol. The first kappa shape index (κ1) is 16.2. The van der Waals surface area contributed by atoms with E-state index in [9.17, 15) is 9.59 Å². The van der Waals surface area contributed by atoms with Crippen molar-refractivity contribution in [1.29, 1.82) is 0 Å². The van der Waals surface area contributed by atoms with Gasteiger partial charge in [-0.2, -0.15) is 5.10 Å². The zero-order valence-electron chi connectivity index (χ0n) is 13.5. The Labute approximate surface area is 140 Å². The number of rotatable bonds is 6. The van der Waals surface area contributed by atoms with E-state index < -0.39 is 0 Å². The van der Waals surface area contributed by atoms with Crippen molar-refractivity contribution in [3.63, 3.8) is 0 Å². The number of nitrogens with one attached hydrogen (secondary N) is 1. The summed E-state index contributed by atoms with van der Waals surface area (Å²) >= 11 is 0. The predicted molar refractivity (Wildman–Crippen MR) is 87.9 cm³/mol. The van der Waals surface area contributed by atoms with Crippen molar-refractivity contribution in [1.82, 2.24) is 25.0 Å². The maximum atomic E-state index is 12.2. The van der Waals surface area contributed by atoms with Gasteiger partial charge < -0.3 is 10.2 Å². The monoisotopic (exact) mass is 327 g/mol. The van der Waals surface area contributed by atoms with Crippen molar-refractivity contribution >= 4 is 11.8 Å². The second kappa shape index (κ2) is 7.72. The second-order valence-electron chi connectivity index (χ2n) is 5.95. The molecular formula is C17H21N5O2. The summed E-state index contributed by atoms with van der Waals surface area (Å²) in [5, 5.41) is 6.90. The largest absolute Gasteiger partial charge is 0.355 e. The quantitative estimate of drug-likeness (QED) is 0.837. The minimum atomic E-state index is -0.125. The minimum Gasteiger partial charge on any atom is -0.355 e. The van der Waals surface area contributed by atoms with Gasteiger partial charge in [0.15, 0.2) is 0 Å². The van der Waals surface area contributed by atoms with Crippen LogP contribution >= 0.6 is 0 Å². The van der Waals surface area contributed by atoms with E-state index in [2.05, 4.69) is 15.4 Å². The normalized spacial score (nSPS) is 17.0. The molecule has 0 unspecified atom stereocenters. The van der Waals surface area contributed by atoms with Crippen molar-refractivity contribution < 1.29 is 9.59 Å². The van der Waals surface area contributed by atoms with Crippen molar-refractivity contribution in [2.24, 2.45) is 5.92 Å². The molecule has 2 amide bonds. The smallest absolute Gasteiger partial charge is 0.244 e. The second-order valence-corrected chi connectivity index (χ2v) is 5.95. The fraction of sp³-hybridized carbons (Fsp3) is 0.412. The van der Waals surface area contributed by atoms with Crippen LogP contribution in [-0.2, 0) is 22.6 Å². The molecule has 0 spiro atoms. The molecule has 1 aromatic carbocycles. The lowest BCUT2D eigenvalue weighted by Gasteiger charge is -2.16. The van der Waals surface area contributed by atoms with Crippen LogP contribution < -0.4 is 5.32 Å². The highest BCUT2D eigenvalue weighted by atomic mass is 16.2. The summed E-state index contributed by atoms with van der Waals surface area (Å²) in [6.07, 6.45) is 4.44. The molecule has 126 valence electrons. The van der Waals surface area contributed by atoms with Crippen LogP contribution in [0, 0.1) is 5.92 Å². The molecule has 0 bridgehead atoms. The standard InChI is InChI=1S/C17H21N5O2/c23-16(11-22-13-18-12-20-22)21-9-7-15(10-21)17(24)19-8-6-14-4-2-1-3-5-14/h1-5,12-13,15H,6-11H2,(H,19,24)/t15-/m1/s1. The van der Waals surface area contributed by atoms with E-state index >= 15 is 0 Å². The van der Waals surface area contributed by atoms with Crippen molar-refractivity contribution in [2.75, 3.05) is 19.6 Å². The van der Waals surface area contributed by atoms with Gasteiger partial charge in [-0.25, -0.2) is 9.67 Å². The van der Waals surface area contributed by atoms with Crippen LogP contribution in [0.15, 0.2) is 43.0 Å². The Balaban J connectivity index is 1.41. The summed E-state index contributed by atoms with van der Waals surface area (Å²) in [7, 11) is 0. The Morgan fingerprint density at radius 3 is 2.83 bits per heavy atom. The van der Waals surface area contributed by atoms with Crippen LogP contribution in [0.3, 0.4) is 0 Å². The lowest BCUT2D eigenvalue weighted by atomic mass is 10.1. The highest BCUT2D eigenvalue weighted by Gasteiger charge is 2.30. The van der Waals surface area contributed by atoms with Gasteiger partial charge in [0.1, 0.15) is 19.2 Å². The summed E-state index contributed by atoms with van der Waals surface area (Å²) in [5.41, 5.74) is 1.20. The van der Waals surface area contributed by atoms with Gasteiger partial charge in [-0.3, -0.25) is 9.59 Å². The first-order valence-corrected chi connectivity index (χ1v) is 8.14. The van der Waals surface area contributed by atoms with Crippen molar-refractivity contribution in [3.8, 4) is 0 Å². The highest BCUT2D eigenvalue weighted by molar-refractivity contribution is 5.82. The van der Waals surface area contributed by atoms with E-state index in [1.165, 1.54) is 22.9 Å². The molecule has 24 heavy (non-hydrogen) atoms. The summed E-state index contributed by atoms with van der Waals surface area (Å²) in [4.78, 5) is 30.0. The minimum absolute atomic E-state index is 0.0277. The molecule has 0 aliphatic carbocycles. The van der Waals surface area contributed by atoms with Crippen LogP contribution in [0.5, 0.6) is 0 Å². The molecule has 1 aromatic heterocycles. The Kier molecular flexibility index (Phi) is 5.20. The molecule has 1 N–H and O–H groups in total. The first-order chi connectivity index (χ1) is 11.7. The molecule has 1 aliphatic rings. The van der Waals surface area contributed by atoms with Gasteiger partial charge >= 0.3 is 0 Å². The molecular weight excluding hydrogens is 306 g/mol. The molecule has 7 heteroatoms. The van der Waals surface area contributed by atoms with Gasteiger partial charge in [0.25, 0.3) is 0 Å². The third kappa shape index (κ3) is 4.18. The number of hydrogen-bond donors (Lipinski definition) is 1. The summed E-state index contributed by atoms with van der Waals surface area (Å²) in [6.45, 7) is 1.88. The Hall–Kier alpha value is -2.70. The fourth-order valence-electron chi connectivity index (χ4n) is 2.87. The Bertz CT molecular complexity index is 672. The third-order valence-corrected chi connectivity index (χ3v) is 4.23. The average Bonchev–Trinajstić information content (AvgIpc) is 3.27. The highest BCUT2D eigenvalue weighted by Crippen LogP contribution is 2.16. The number of carbonyl (C=O) groups is 2. The maximum absolute atomic E-state index is 12.2. The first-order valence-electron chi connectivity index (χ1n) is 8.14. The van der Waals surface area contributed by atoms with Crippen molar-refractivity contribution in [2.45, 2.75) is 19.4 Å². The van der Waals surface area contributed by atoms with Crippen LogP contribution in [0.4, 0.5) is 0 Å². The van der Waals surface area contributed by atoms with E-state index in [4.69, 9.17) is 0 Å². The van der Waals surface area contributed by atoms with Gasteiger partial charge in [0, 0.05) is 19.6 Å². The number of carbonyl (C=O) groups excluding carboxylic acids is 2. The van der Waals surface area contributed by atoms with Gasteiger partial charge in [0.05, 0.1) is 5.92 Å². The lowest BCUT2D eigenvalue weighted by molar-refractivity contribution is -0.131. The number of aromatic nitrogens is 3. The summed E-state index contributed by atoms with van der Waals surface area (Å²) < 4.78 is 1.50. The predicted octanol–water partition coefficient (Wildman–Crippen LogP) is 0.485. The molecule has 2 heterocycles. The maximum Gasteiger partial charge on any atom is 0.244 e. The third-order valence-electron chi connectivity index (χ3n) is 4.23. The molecule has 2 aromatic rings. The number of benzene rings is 1. The molecule has 0 radical (unpaired) electrons. The van der Waals surface area contributed by atoms with E-state index in [1.54, 1.807) is 4.90 Å². The van der Waals surface area contributed by atoms with Crippen LogP contribution in [-0.4, -0.2) is 51.1 Å². The van der Waals surface area contributed by atoms with E-state index in [-0.39, 0.29) is 24.3 Å². The molecule has 3 rings (SSSR count). The molecule has 1 saturated heterocycles. The number of hydrogen-bond acceptors (Lipinski definition) is 4. The Morgan fingerprint density at radius 2 is 2.08 bits per heavy atom. The fourth-order valence-corrected chi connectivity index (χ4v) is 2.87.